The molecule has 1 unspecified atom stereocenters. The van der Waals surface area contributed by atoms with Crippen LogP contribution in [0.5, 0.6) is 0 Å². The van der Waals surface area contributed by atoms with Gasteiger partial charge in [0.05, 0.1) is 5.56 Å². The van der Waals surface area contributed by atoms with Gasteiger partial charge < -0.3 is 15.1 Å². The van der Waals surface area contributed by atoms with E-state index in [9.17, 15) is 9.59 Å². The van der Waals surface area contributed by atoms with Crippen molar-refractivity contribution in [2.24, 2.45) is 0 Å². The topological polar surface area (TPSA) is 52.7 Å². The summed E-state index contributed by atoms with van der Waals surface area (Å²) in [5, 5.41) is 3.20. The van der Waals surface area contributed by atoms with E-state index in [0.29, 0.717) is 12.1 Å². The van der Waals surface area contributed by atoms with Crippen molar-refractivity contribution in [2.75, 3.05) is 32.5 Å². The first-order valence-electron chi connectivity index (χ1n) is 7.41. The molecule has 2 amide bonds. The molecular formula is C16H23N3O2. The van der Waals surface area contributed by atoms with Gasteiger partial charge in [-0.2, -0.15) is 0 Å². The Morgan fingerprint density at radius 1 is 1.33 bits per heavy atom. The fourth-order valence-corrected chi connectivity index (χ4v) is 2.73. The molecule has 1 aliphatic rings. The summed E-state index contributed by atoms with van der Waals surface area (Å²) in [4.78, 5) is 28.3. The molecule has 1 fully saturated rings. The van der Waals surface area contributed by atoms with Crippen LogP contribution in [-0.4, -0.2) is 54.8 Å². The van der Waals surface area contributed by atoms with E-state index in [0.717, 1.165) is 25.1 Å². The zero-order valence-electron chi connectivity index (χ0n) is 12.9. The minimum Gasteiger partial charge on any atom is -0.385 e. The standard InChI is InChI=1S/C16H23N3O2/c1-4-17-13-9-6-5-8-12(13)15(20)19-11-7-10-14(19)16(21)18(2)3/h5-6,8-9,14,17H,4,7,10-11H2,1-3H3. The average molecular weight is 289 g/mol. The molecule has 1 aromatic carbocycles. The van der Waals surface area contributed by atoms with Crippen molar-refractivity contribution in [3.05, 3.63) is 29.8 Å². The van der Waals surface area contributed by atoms with Crippen LogP contribution in [0.4, 0.5) is 5.69 Å². The van der Waals surface area contributed by atoms with E-state index in [1.807, 2.05) is 31.2 Å². The third-order valence-corrected chi connectivity index (χ3v) is 3.76. The first kappa shape index (κ1) is 15.4. The van der Waals surface area contributed by atoms with E-state index in [2.05, 4.69) is 5.32 Å². The summed E-state index contributed by atoms with van der Waals surface area (Å²) in [6, 6.07) is 7.14. The molecule has 0 saturated carbocycles. The van der Waals surface area contributed by atoms with Crippen LogP contribution < -0.4 is 5.32 Å². The molecule has 1 atom stereocenters. The van der Waals surface area contributed by atoms with Gasteiger partial charge in [-0.3, -0.25) is 9.59 Å². The maximum atomic E-state index is 12.8. The molecule has 1 saturated heterocycles. The van der Waals surface area contributed by atoms with Crippen LogP contribution in [0.25, 0.3) is 0 Å². The van der Waals surface area contributed by atoms with Crippen LogP contribution in [-0.2, 0) is 4.79 Å². The maximum Gasteiger partial charge on any atom is 0.256 e. The Balaban J connectivity index is 2.25. The molecule has 1 aliphatic heterocycles. The van der Waals surface area contributed by atoms with Crippen molar-refractivity contribution in [1.82, 2.24) is 9.80 Å². The molecule has 0 bridgehead atoms. The predicted octanol–water partition coefficient (Wildman–Crippen LogP) is 1.81. The highest BCUT2D eigenvalue weighted by Crippen LogP contribution is 2.24. The number of anilines is 1. The van der Waals surface area contributed by atoms with Crippen molar-refractivity contribution < 1.29 is 9.59 Å². The third-order valence-electron chi connectivity index (χ3n) is 3.76. The Morgan fingerprint density at radius 3 is 2.71 bits per heavy atom. The van der Waals surface area contributed by atoms with Gasteiger partial charge in [0.15, 0.2) is 0 Å². The van der Waals surface area contributed by atoms with E-state index in [-0.39, 0.29) is 17.9 Å². The van der Waals surface area contributed by atoms with Crippen LogP contribution in [0.1, 0.15) is 30.1 Å². The second kappa shape index (κ2) is 6.61. The SMILES string of the molecule is CCNc1ccccc1C(=O)N1CCCC1C(=O)N(C)C. The molecule has 1 N–H and O–H groups in total. The minimum atomic E-state index is -0.331. The van der Waals surface area contributed by atoms with Gasteiger partial charge in [-0.25, -0.2) is 0 Å². The lowest BCUT2D eigenvalue weighted by atomic mass is 10.1. The zero-order chi connectivity index (χ0) is 15.4. The maximum absolute atomic E-state index is 12.8. The predicted molar refractivity (Wildman–Crippen MR) is 83.4 cm³/mol. The molecule has 1 heterocycles. The fraction of sp³-hybridized carbons (Fsp3) is 0.500. The van der Waals surface area contributed by atoms with E-state index >= 15 is 0 Å². The van der Waals surface area contributed by atoms with Gasteiger partial charge >= 0.3 is 0 Å². The highest BCUT2D eigenvalue weighted by Gasteiger charge is 2.35. The summed E-state index contributed by atoms with van der Waals surface area (Å²) in [5.74, 6) is -0.0639. The Morgan fingerprint density at radius 2 is 2.05 bits per heavy atom. The van der Waals surface area contributed by atoms with Crippen molar-refractivity contribution in [1.29, 1.82) is 0 Å². The second-order valence-corrected chi connectivity index (χ2v) is 5.47. The number of benzene rings is 1. The quantitative estimate of drug-likeness (QED) is 0.920. The molecule has 5 nitrogen and oxygen atoms in total. The second-order valence-electron chi connectivity index (χ2n) is 5.47. The van der Waals surface area contributed by atoms with Crippen LogP contribution >= 0.6 is 0 Å². The van der Waals surface area contributed by atoms with Crippen molar-refractivity contribution in [3.8, 4) is 0 Å². The Bertz CT molecular complexity index is 528. The van der Waals surface area contributed by atoms with E-state index in [1.54, 1.807) is 23.9 Å². The minimum absolute atomic E-state index is 0.00165. The van der Waals surface area contributed by atoms with Gasteiger partial charge in [-0.15, -0.1) is 0 Å². The number of nitrogens with one attached hydrogen (secondary N) is 1. The number of rotatable bonds is 4. The Hall–Kier alpha value is -2.04. The summed E-state index contributed by atoms with van der Waals surface area (Å²) in [6.45, 7) is 3.39. The summed E-state index contributed by atoms with van der Waals surface area (Å²) < 4.78 is 0. The summed E-state index contributed by atoms with van der Waals surface area (Å²) in [7, 11) is 3.46. The molecule has 21 heavy (non-hydrogen) atoms. The molecule has 2 rings (SSSR count). The molecule has 0 spiro atoms. The lowest BCUT2D eigenvalue weighted by molar-refractivity contribution is -0.132. The van der Waals surface area contributed by atoms with Gasteiger partial charge in [0.25, 0.3) is 5.91 Å². The molecule has 1 aromatic rings. The zero-order valence-corrected chi connectivity index (χ0v) is 12.9. The summed E-state index contributed by atoms with van der Waals surface area (Å²) in [5.41, 5.74) is 1.46. The van der Waals surface area contributed by atoms with E-state index in [4.69, 9.17) is 0 Å². The first-order chi connectivity index (χ1) is 10.1. The first-order valence-corrected chi connectivity index (χ1v) is 7.41. The normalized spacial score (nSPS) is 17.7. The van der Waals surface area contributed by atoms with E-state index in [1.165, 1.54) is 0 Å². The van der Waals surface area contributed by atoms with Crippen molar-refractivity contribution in [3.63, 3.8) is 0 Å². The van der Waals surface area contributed by atoms with Crippen LogP contribution in [0, 0.1) is 0 Å². The number of likely N-dealkylation sites (N-methyl/N-ethyl adjacent to an activating group) is 1. The molecule has 114 valence electrons. The number of carbonyl (C=O) groups is 2. The monoisotopic (exact) mass is 289 g/mol. The van der Waals surface area contributed by atoms with E-state index < -0.39 is 0 Å². The molecule has 0 aliphatic carbocycles. The Kier molecular flexibility index (Phi) is 4.83. The van der Waals surface area contributed by atoms with Gasteiger partial charge in [0.2, 0.25) is 5.91 Å². The van der Waals surface area contributed by atoms with Crippen LogP contribution in [0.3, 0.4) is 0 Å². The van der Waals surface area contributed by atoms with Gasteiger partial charge in [-0.05, 0) is 31.9 Å². The lowest BCUT2D eigenvalue weighted by Crippen LogP contribution is -2.45. The Labute approximate surface area is 125 Å². The van der Waals surface area contributed by atoms with Gasteiger partial charge in [-0.1, -0.05) is 12.1 Å². The molecular weight excluding hydrogens is 266 g/mol. The lowest BCUT2D eigenvalue weighted by Gasteiger charge is -2.27. The fourth-order valence-electron chi connectivity index (χ4n) is 2.73. The highest BCUT2D eigenvalue weighted by atomic mass is 16.2. The van der Waals surface area contributed by atoms with Crippen LogP contribution in [0.2, 0.25) is 0 Å². The number of likely N-dealkylation sites (tertiary alicyclic amines) is 1. The number of para-hydroxylation sites is 1. The molecule has 0 aromatic heterocycles. The number of hydrogen-bond donors (Lipinski definition) is 1. The van der Waals surface area contributed by atoms with Crippen molar-refractivity contribution in [2.45, 2.75) is 25.8 Å². The van der Waals surface area contributed by atoms with Gasteiger partial charge in [0, 0.05) is 32.9 Å². The van der Waals surface area contributed by atoms with Crippen molar-refractivity contribution >= 4 is 17.5 Å². The molecule has 0 radical (unpaired) electrons. The summed E-state index contributed by atoms with van der Waals surface area (Å²) >= 11 is 0. The van der Waals surface area contributed by atoms with Crippen LogP contribution in [0.15, 0.2) is 24.3 Å². The number of hydrogen-bond acceptors (Lipinski definition) is 3. The highest BCUT2D eigenvalue weighted by molar-refractivity contribution is 6.02. The average Bonchev–Trinajstić information content (AvgIpc) is 2.95. The smallest absolute Gasteiger partial charge is 0.256 e. The number of amides is 2. The number of carbonyl (C=O) groups excluding carboxylic acids is 2. The number of nitrogens with zero attached hydrogens (tertiary/aromatic N) is 2. The van der Waals surface area contributed by atoms with Gasteiger partial charge in [0.1, 0.15) is 6.04 Å². The molecule has 5 heteroatoms. The largest absolute Gasteiger partial charge is 0.385 e. The summed E-state index contributed by atoms with van der Waals surface area (Å²) in [6.07, 6.45) is 1.62. The third kappa shape index (κ3) is 3.17.